The van der Waals surface area contributed by atoms with E-state index in [1.165, 1.54) is 17.1 Å². The highest BCUT2D eigenvalue weighted by atomic mass is 35.5. The van der Waals surface area contributed by atoms with Crippen molar-refractivity contribution in [1.82, 2.24) is 14.5 Å². The lowest BCUT2D eigenvalue weighted by Crippen LogP contribution is -2.39. The number of anilines is 1. The average molecular weight is 358 g/mol. The van der Waals surface area contributed by atoms with Crippen LogP contribution in [0.25, 0.3) is 11.0 Å². The first-order chi connectivity index (χ1) is 11.5. The highest BCUT2D eigenvalue weighted by Crippen LogP contribution is 2.44. The fraction of sp³-hybridized carbons (Fsp3) is 0.462. The third-order valence-corrected chi connectivity index (χ3v) is 4.50. The van der Waals surface area contributed by atoms with Crippen LogP contribution in [0.15, 0.2) is 17.7 Å². The van der Waals surface area contributed by atoms with E-state index < -0.39 is 29.9 Å². The Kier molecular flexibility index (Phi) is 4.32. The summed E-state index contributed by atoms with van der Waals surface area (Å²) >= 11 is 6.45. The van der Waals surface area contributed by atoms with Gasteiger partial charge in [-0.25, -0.2) is 9.97 Å². The first-order valence-electron chi connectivity index (χ1n) is 7.02. The van der Waals surface area contributed by atoms with Crippen LogP contribution in [0.5, 0.6) is 0 Å². The molecule has 0 spiro atoms. The van der Waals surface area contributed by atoms with Crippen LogP contribution < -0.4 is 5.48 Å². The number of aliphatic hydroxyl groups is 2. The number of ether oxygens (including phenoxy) is 1. The summed E-state index contributed by atoms with van der Waals surface area (Å²) in [5.74, 6) is 0.0992. The van der Waals surface area contributed by atoms with Gasteiger partial charge in [0.15, 0.2) is 12.0 Å². The predicted octanol–water partition coefficient (Wildman–Crippen LogP) is 0.289. The van der Waals surface area contributed by atoms with E-state index >= 15 is 0 Å². The maximum Gasteiger partial charge on any atom is 0.163 e. The number of alkyl halides is 1. The number of aliphatic hydroxyl groups excluding tert-OH is 2. The lowest BCUT2D eigenvalue weighted by molar-refractivity contribution is -0.0439. The SMILES string of the molecule is C[C@@]1(Cl)C(O)C(CO)O[C@H]1n1cc(C=NO)c2c(NO)ncnc21. The number of nitrogens with zero attached hydrogens (tertiary/aromatic N) is 4. The molecule has 2 aromatic rings. The summed E-state index contributed by atoms with van der Waals surface area (Å²) in [4.78, 5) is 6.81. The second kappa shape index (κ2) is 6.15. The van der Waals surface area contributed by atoms with Crippen molar-refractivity contribution >= 4 is 34.7 Å². The van der Waals surface area contributed by atoms with Crippen molar-refractivity contribution in [3.63, 3.8) is 0 Å². The van der Waals surface area contributed by atoms with Gasteiger partial charge in [-0.2, -0.15) is 0 Å². The molecule has 3 rings (SSSR count). The Morgan fingerprint density at radius 2 is 2.29 bits per heavy atom. The van der Waals surface area contributed by atoms with Crippen LogP contribution in [0.1, 0.15) is 18.7 Å². The molecule has 4 atom stereocenters. The van der Waals surface area contributed by atoms with Gasteiger partial charge in [-0.3, -0.25) is 10.7 Å². The molecule has 130 valence electrons. The molecule has 2 unspecified atom stereocenters. The Hall–Kier alpha value is -1.98. The second-order valence-electron chi connectivity index (χ2n) is 5.57. The second-order valence-corrected chi connectivity index (χ2v) is 6.39. The molecule has 5 N–H and O–H groups in total. The molecular weight excluding hydrogens is 342 g/mol. The molecule has 24 heavy (non-hydrogen) atoms. The van der Waals surface area contributed by atoms with Crippen molar-refractivity contribution in [2.75, 3.05) is 12.1 Å². The molecule has 1 aliphatic rings. The molecule has 3 heterocycles. The normalized spacial score (nSPS) is 30.5. The largest absolute Gasteiger partial charge is 0.411 e. The Bertz CT molecular complexity index is 779. The van der Waals surface area contributed by atoms with E-state index in [0.717, 1.165) is 6.21 Å². The predicted molar refractivity (Wildman–Crippen MR) is 83.6 cm³/mol. The number of nitrogens with one attached hydrogen (secondary N) is 1. The van der Waals surface area contributed by atoms with Crippen molar-refractivity contribution in [3.8, 4) is 0 Å². The van der Waals surface area contributed by atoms with Crippen LogP contribution in [-0.2, 0) is 4.74 Å². The summed E-state index contributed by atoms with van der Waals surface area (Å²) in [5, 5.41) is 41.0. The molecule has 0 bridgehead atoms. The molecule has 10 nitrogen and oxygen atoms in total. The summed E-state index contributed by atoms with van der Waals surface area (Å²) in [6, 6.07) is 0. The number of oxime groups is 1. The molecule has 2 aromatic heterocycles. The van der Waals surface area contributed by atoms with Crippen LogP contribution in [-0.4, -0.2) is 65.1 Å². The van der Waals surface area contributed by atoms with Gasteiger partial charge in [0.1, 0.15) is 29.1 Å². The van der Waals surface area contributed by atoms with Crippen molar-refractivity contribution in [3.05, 3.63) is 18.1 Å². The van der Waals surface area contributed by atoms with E-state index in [0.29, 0.717) is 16.6 Å². The van der Waals surface area contributed by atoms with E-state index in [-0.39, 0.29) is 5.82 Å². The zero-order chi connectivity index (χ0) is 17.5. The molecular formula is C13H16ClN5O5. The van der Waals surface area contributed by atoms with E-state index in [9.17, 15) is 15.4 Å². The van der Waals surface area contributed by atoms with Crippen molar-refractivity contribution in [1.29, 1.82) is 0 Å². The number of rotatable bonds is 4. The fourth-order valence-electron chi connectivity index (χ4n) is 2.90. The lowest BCUT2D eigenvalue weighted by Gasteiger charge is -2.26. The Morgan fingerprint density at radius 1 is 1.54 bits per heavy atom. The molecule has 1 fully saturated rings. The molecule has 1 saturated heterocycles. The van der Waals surface area contributed by atoms with Crippen molar-refractivity contribution < 1.29 is 25.4 Å². The van der Waals surface area contributed by atoms with E-state index in [1.54, 1.807) is 6.92 Å². The van der Waals surface area contributed by atoms with Gasteiger partial charge in [-0.05, 0) is 6.92 Å². The summed E-state index contributed by atoms with van der Waals surface area (Å²) in [7, 11) is 0. The van der Waals surface area contributed by atoms with Crippen LogP contribution in [0, 0.1) is 0 Å². The van der Waals surface area contributed by atoms with Crippen LogP contribution in [0.4, 0.5) is 5.82 Å². The highest BCUT2D eigenvalue weighted by Gasteiger charge is 2.53. The summed E-state index contributed by atoms with van der Waals surface area (Å²) < 4.78 is 7.21. The number of hydrogen-bond donors (Lipinski definition) is 5. The van der Waals surface area contributed by atoms with Crippen LogP contribution in [0.2, 0.25) is 0 Å². The molecule has 0 saturated carbocycles. The van der Waals surface area contributed by atoms with Crippen molar-refractivity contribution in [2.24, 2.45) is 5.16 Å². The van der Waals surface area contributed by atoms with Crippen molar-refractivity contribution in [2.45, 2.75) is 30.2 Å². The molecule has 11 heteroatoms. The Morgan fingerprint density at radius 3 is 2.88 bits per heavy atom. The number of aromatic nitrogens is 3. The zero-order valence-electron chi connectivity index (χ0n) is 12.5. The van der Waals surface area contributed by atoms with E-state index in [4.69, 9.17) is 21.5 Å². The van der Waals surface area contributed by atoms with Gasteiger partial charge in [-0.1, -0.05) is 5.16 Å². The first kappa shape index (κ1) is 16.9. The maximum atomic E-state index is 10.2. The van der Waals surface area contributed by atoms with Crippen LogP contribution in [0.3, 0.4) is 0 Å². The average Bonchev–Trinajstić information content (AvgIpc) is 3.04. The standard InChI is InChI=1S/C13H16ClN5O5/c1-13(14)9(21)7(4-20)24-12(13)19-3-6(2-17-22)8-10(18-23)15-5-16-11(8)19/h2-3,5,7,9,12,20-23H,4H2,1H3,(H,15,16,18)/t7?,9?,12-,13-/m1/s1. The van der Waals surface area contributed by atoms with Gasteiger partial charge in [0.05, 0.1) is 18.2 Å². The summed E-state index contributed by atoms with van der Waals surface area (Å²) in [6.45, 7) is 1.18. The minimum absolute atomic E-state index is 0.0992. The minimum atomic E-state index is -1.25. The van der Waals surface area contributed by atoms with Gasteiger partial charge in [-0.15, -0.1) is 11.6 Å². The number of fused-ring (bicyclic) bond motifs is 1. The maximum absolute atomic E-state index is 10.2. The van der Waals surface area contributed by atoms with Gasteiger partial charge in [0.25, 0.3) is 0 Å². The number of hydrogen-bond acceptors (Lipinski definition) is 9. The fourth-order valence-corrected chi connectivity index (χ4v) is 3.20. The molecule has 1 aliphatic heterocycles. The topological polar surface area (TPSA) is 145 Å². The summed E-state index contributed by atoms with van der Waals surface area (Å²) in [5.41, 5.74) is 2.68. The molecule has 0 amide bonds. The molecule has 0 aliphatic carbocycles. The van der Waals surface area contributed by atoms with Gasteiger partial charge in [0.2, 0.25) is 0 Å². The monoisotopic (exact) mass is 357 g/mol. The third kappa shape index (κ3) is 2.39. The van der Waals surface area contributed by atoms with E-state index in [1.807, 2.05) is 5.48 Å². The van der Waals surface area contributed by atoms with Crippen LogP contribution >= 0.6 is 11.6 Å². The molecule has 0 radical (unpaired) electrons. The highest BCUT2D eigenvalue weighted by molar-refractivity contribution is 6.24. The quantitative estimate of drug-likeness (QED) is 0.227. The van der Waals surface area contributed by atoms with Gasteiger partial charge >= 0.3 is 0 Å². The summed E-state index contributed by atoms with van der Waals surface area (Å²) in [6.07, 6.45) is 1.07. The smallest absolute Gasteiger partial charge is 0.163 e. The Balaban J connectivity index is 2.20. The lowest BCUT2D eigenvalue weighted by atomic mass is 10.0. The first-order valence-corrected chi connectivity index (χ1v) is 7.39. The third-order valence-electron chi connectivity index (χ3n) is 4.09. The molecule has 0 aromatic carbocycles. The number of halogens is 1. The van der Waals surface area contributed by atoms with Gasteiger partial charge < -0.3 is 24.7 Å². The van der Waals surface area contributed by atoms with Gasteiger partial charge in [0, 0.05) is 11.8 Å². The van der Waals surface area contributed by atoms with E-state index in [2.05, 4.69) is 15.1 Å². The minimum Gasteiger partial charge on any atom is -0.411 e. The Labute approximate surface area is 140 Å². The zero-order valence-corrected chi connectivity index (χ0v) is 13.3.